The van der Waals surface area contributed by atoms with Crippen molar-refractivity contribution in [3.63, 3.8) is 0 Å². The zero-order valence-electron chi connectivity index (χ0n) is 20.7. The van der Waals surface area contributed by atoms with Gasteiger partial charge in [0.05, 0.1) is 52.5 Å². The molecule has 0 bridgehead atoms. The van der Waals surface area contributed by atoms with E-state index in [-0.39, 0.29) is 23.6 Å². The van der Waals surface area contributed by atoms with Crippen molar-refractivity contribution in [1.29, 1.82) is 10.8 Å². The fourth-order valence-corrected chi connectivity index (χ4v) is 4.62. The summed E-state index contributed by atoms with van der Waals surface area (Å²) in [5.41, 5.74) is 2.12. The number of ether oxygens (including phenoxy) is 2. The average molecular weight is 528 g/mol. The molecular weight excluding hydrogens is 497 g/mol. The minimum Gasteiger partial charge on any atom is -0.419 e. The molecule has 0 aliphatic carbocycles. The van der Waals surface area contributed by atoms with E-state index in [2.05, 4.69) is 15.3 Å². The summed E-state index contributed by atoms with van der Waals surface area (Å²) < 4.78 is 49.9. The topological polar surface area (TPSA) is 138 Å². The lowest BCUT2D eigenvalue weighted by Gasteiger charge is -2.27. The minimum absolute atomic E-state index is 0. The summed E-state index contributed by atoms with van der Waals surface area (Å²) in [4.78, 5) is 8.91. The van der Waals surface area contributed by atoms with E-state index in [0.29, 0.717) is 36.7 Å². The highest BCUT2D eigenvalue weighted by atomic mass is 32.2. The number of benzene rings is 2. The zero-order chi connectivity index (χ0) is 26.7. The van der Waals surface area contributed by atoms with Crippen LogP contribution < -0.4 is 5.32 Å². The monoisotopic (exact) mass is 527 g/mol. The van der Waals surface area contributed by atoms with E-state index in [1.165, 1.54) is 30.5 Å². The van der Waals surface area contributed by atoms with E-state index < -0.39 is 32.7 Å². The molecule has 0 saturated carbocycles. The molecule has 37 heavy (non-hydrogen) atoms. The van der Waals surface area contributed by atoms with Crippen LogP contribution in [0.15, 0.2) is 53.6 Å². The first-order valence-electron chi connectivity index (χ1n) is 11.7. The van der Waals surface area contributed by atoms with Crippen molar-refractivity contribution in [3.8, 4) is 11.3 Å². The summed E-state index contributed by atoms with van der Waals surface area (Å²) in [6.07, 6.45) is 1.51. The SMILES string of the molecule is Cc1ncc(-c2ccc(S(=O)(=O)C(C)C)cc2)nc1C(=N)OC(=N)c1ccc(CNC2COC2)cc1F.[HH]. The maximum atomic E-state index is 14.7. The molecule has 3 N–H and O–H groups in total. The van der Waals surface area contributed by atoms with E-state index in [4.69, 9.17) is 20.3 Å². The number of halogens is 1. The fourth-order valence-electron chi connectivity index (χ4n) is 3.56. The molecule has 1 saturated heterocycles. The molecule has 1 aromatic heterocycles. The van der Waals surface area contributed by atoms with Gasteiger partial charge in [0.1, 0.15) is 11.5 Å². The number of hydrogen-bond donors (Lipinski definition) is 3. The quantitative estimate of drug-likeness (QED) is 0.299. The number of hydrogen-bond acceptors (Lipinski definition) is 9. The lowest BCUT2D eigenvalue weighted by Crippen LogP contribution is -2.45. The summed E-state index contributed by atoms with van der Waals surface area (Å²) in [5.74, 6) is -1.61. The summed E-state index contributed by atoms with van der Waals surface area (Å²) in [5, 5.41) is 19.2. The number of nitrogens with one attached hydrogen (secondary N) is 3. The van der Waals surface area contributed by atoms with Gasteiger partial charge in [-0.25, -0.2) is 17.8 Å². The maximum Gasteiger partial charge on any atom is 0.241 e. The Labute approximate surface area is 216 Å². The first-order valence-corrected chi connectivity index (χ1v) is 13.2. The number of sulfone groups is 1. The first kappa shape index (κ1) is 26.5. The van der Waals surface area contributed by atoms with E-state index in [1.54, 1.807) is 39.0 Å². The molecule has 3 aromatic rings. The van der Waals surface area contributed by atoms with Gasteiger partial charge in [-0.3, -0.25) is 15.8 Å². The van der Waals surface area contributed by atoms with E-state index in [1.807, 2.05) is 0 Å². The van der Waals surface area contributed by atoms with Crippen LogP contribution in [-0.2, 0) is 25.9 Å². The molecule has 1 aliphatic rings. The lowest BCUT2D eigenvalue weighted by atomic mass is 10.1. The van der Waals surface area contributed by atoms with Crippen LogP contribution in [-0.4, -0.2) is 54.7 Å². The van der Waals surface area contributed by atoms with Crippen LogP contribution in [0, 0.1) is 23.6 Å². The Balaban J connectivity index is 0.00000400. The number of rotatable bonds is 8. The second-order valence-corrected chi connectivity index (χ2v) is 11.5. The van der Waals surface area contributed by atoms with Gasteiger partial charge in [0, 0.05) is 13.5 Å². The highest BCUT2D eigenvalue weighted by Gasteiger charge is 2.21. The number of aromatic nitrogens is 2. The van der Waals surface area contributed by atoms with Crippen LogP contribution in [0.2, 0.25) is 0 Å². The van der Waals surface area contributed by atoms with Crippen LogP contribution in [0.3, 0.4) is 0 Å². The van der Waals surface area contributed by atoms with Gasteiger partial charge in [-0.1, -0.05) is 18.2 Å². The van der Waals surface area contributed by atoms with Crippen LogP contribution in [0.25, 0.3) is 11.3 Å². The molecule has 2 heterocycles. The van der Waals surface area contributed by atoms with Crippen molar-refractivity contribution >= 4 is 21.6 Å². The molecule has 11 heteroatoms. The second-order valence-electron chi connectivity index (χ2n) is 9.00. The standard InChI is InChI=1S/C26H28FN5O4S.H2/c1-15(2)37(33,34)20-7-5-18(6-8-20)23-12-30-16(3)24(32-23)26(29)36-25(28)21-9-4-17(10-22(21)27)11-31-19-13-35-14-19;/h4-10,12,15,19,28-29,31H,11,13-14H2,1-3H3;1H. The van der Waals surface area contributed by atoms with Gasteiger partial charge in [-0.05, 0) is 50.6 Å². The number of nitrogens with zero attached hydrogens (tertiary/aromatic N) is 2. The fraction of sp³-hybridized carbons (Fsp3) is 0.308. The van der Waals surface area contributed by atoms with Gasteiger partial charge < -0.3 is 14.8 Å². The highest BCUT2D eigenvalue weighted by Crippen LogP contribution is 2.23. The molecule has 9 nitrogen and oxygen atoms in total. The molecule has 0 spiro atoms. The van der Waals surface area contributed by atoms with Crippen molar-refractivity contribution in [2.75, 3.05) is 13.2 Å². The first-order chi connectivity index (χ1) is 17.6. The Morgan fingerprint density at radius 3 is 2.49 bits per heavy atom. The summed E-state index contributed by atoms with van der Waals surface area (Å²) in [6.45, 7) is 6.62. The normalized spacial score (nSPS) is 13.9. The predicted molar refractivity (Wildman–Crippen MR) is 139 cm³/mol. The third kappa shape index (κ3) is 5.90. The molecule has 4 rings (SSSR count). The average Bonchev–Trinajstić information content (AvgIpc) is 2.83. The van der Waals surface area contributed by atoms with Gasteiger partial charge in [0.25, 0.3) is 0 Å². The molecule has 1 fully saturated rings. The number of aryl methyl sites for hydroxylation is 1. The lowest BCUT2D eigenvalue weighted by molar-refractivity contribution is -0.00579. The Kier molecular flexibility index (Phi) is 7.76. The van der Waals surface area contributed by atoms with Gasteiger partial charge >= 0.3 is 0 Å². The molecule has 0 radical (unpaired) electrons. The molecule has 2 aromatic carbocycles. The van der Waals surface area contributed by atoms with Gasteiger partial charge in [-0.2, -0.15) is 0 Å². The largest absolute Gasteiger partial charge is 0.419 e. The Hall–Kier alpha value is -3.54. The van der Waals surface area contributed by atoms with Crippen molar-refractivity contribution in [2.45, 2.75) is 43.5 Å². The van der Waals surface area contributed by atoms with Gasteiger partial charge in [-0.15, -0.1) is 0 Å². The summed E-state index contributed by atoms with van der Waals surface area (Å²) >= 11 is 0. The molecule has 0 unspecified atom stereocenters. The summed E-state index contributed by atoms with van der Waals surface area (Å²) in [6, 6.07) is 11.0. The Morgan fingerprint density at radius 1 is 1.19 bits per heavy atom. The van der Waals surface area contributed by atoms with Crippen LogP contribution >= 0.6 is 0 Å². The maximum absolute atomic E-state index is 14.7. The van der Waals surface area contributed by atoms with Gasteiger partial charge in [0.15, 0.2) is 9.84 Å². The molecular formula is C26H30FN5O4S. The van der Waals surface area contributed by atoms with Crippen molar-refractivity contribution in [2.24, 2.45) is 0 Å². The zero-order valence-corrected chi connectivity index (χ0v) is 21.5. The molecule has 0 amide bonds. The minimum atomic E-state index is -3.41. The van der Waals surface area contributed by atoms with Crippen LogP contribution in [0.1, 0.15) is 37.8 Å². The van der Waals surface area contributed by atoms with Crippen molar-refractivity contribution in [1.82, 2.24) is 15.3 Å². The van der Waals surface area contributed by atoms with Crippen molar-refractivity contribution in [3.05, 3.63) is 77.0 Å². The third-order valence-corrected chi connectivity index (χ3v) is 8.16. The predicted octanol–water partition coefficient (Wildman–Crippen LogP) is 3.88. The summed E-state index contributed by atoms with van der Waals surface area (Å²) in [7, 11) is -3.41. The van der Waals surface area contributed by atoms with Crippen molar-refractivity contribution < 1.29 is 23.7 Å². The Bertz CT molecular complexity index is 1440. The highest BCUT2D eigenvalue weighted by molar-refractivity contribution is 7.92. The molecule has 196 valence electrons. The second kappa shape index (κ2) is 10.8. The van der Waals surface area contributed by atoms with Crippen LogP contribution in [0.4, 0.5) is 4.39 Å². The third-order valence-electron chi connectivity index (χ3n) is 5.98. The molecule has 1 aliphatic heterocycles. The van der Waals surface area contributed by atoms with E-state index >= 15 is 0 Å². The Morgan fingerprint density at radius 2 is 1.89 bits per heavy atom. The van der Waals surface area contributed by atoms with Crippen LogP contribution in [0.5, 0.6) is 0 Å². The smallest absolute Gasteiger partial charge is 0.241 e. The van der Waals surface area contributed by atoms with E-state index in [9.17, 15) is 12.8 Å². The van der Waals surface area contributed by atoms with Gasteiger partial charge in [0.2, 0.25) is 11.8 Å². The van der Waals surface area contributed by atoms with E-state index in [0.717, 1.165) is 5.56 Å². The molecule has 0 atom stereocenters.